The van der Waals surface area contributed by atoms with Gasteiger partial charge in [-0.05, 0) is 24.3 Å². The Hall–Kier alpha value is -2.43. The Morgan fingerprint density at radius 3 is 2.65 bits per heavy atom. The van der Waals surface area contributed by atoms with Crippen LogP contribution in [0.15, 0.2) is 36.4 Å². The number of benzene rings is 1. The van der Waals surface area contributed by atoms with Gasteiger partial charge in [-0.1, -0.05) is 12.1 Å². The lowest BCUT2D eigenvalue weighted by atomic mass is 10.1. The second-order valence-electron chi connectivity index (χ2n) is 3.34. The van der Waals surface area contributed by atoms with Crippen molar-refractivity contribution in [3.63, 3.8) is 0 Å². The zero-order chi connectivity index (χ0) is 12.3. The van der Waals surface area contributed by atoms with E-state index in [2.05, 4.69) is 10.2 Å². The van der Waals surface area contributed by atoms with E-state index in [0.29, 0.717) is 11.4 Å². The Labute approximate surface area is 97.7 Å². The van der Waals surface area contributed by atoms with Crippen LogP contribution in [0.1, 0.15) is 10.5 Å². The van der Waals surface area contributed by atoms with Crippen molar-refractivity contribution in [2.24, 2.45) is 0 Å². The van der Waals surface area contributed by atoms with Crippen LogP contribution in [0.2, 0.25) is 0 Å². The number of ether oxygens (including phenoxy) is 1. The molecule has 1 aromatic heterocycles. The van der Waals surface area contributed by atoms with Gasteiger partial charge in [0, 0.05) is 5.56 Å². The molecule has 0 saturated heterocycles. The fourth-order valence-corrected chi connectivity index (χ4v) is 1.38. The number of hydrogen-bond donors (Lipinski definition) is 1. The summed E-state index contributed by atoms with van der Waals surface area (Å²) in [6, 6.07) is 10.4. The SMILES string of the molecule is COc1cccc(-c2ccc(C(=O)O)nn2)c1. The molecule has 1 aromatic carbocycles. The molecule has 0 radical (unpaired) electrons. The van der Waals surface area contributed by atoms with E-state index in [1.54, 1.807) is 13.2 Å². The Bertz CT molecular complexity index is 538. The third-order valence-electron chi connectivity index (χ3n) is 2.25. The van der Waals surface area contributed by atoms with Gasteiger partial charge in [0.15, 0.2) is 5.69 Å². The molecule has 0 unspecified atom stereocenters. The molecule has 1 N–H and O–H groups in total. The number of hydrogen-bond acceptors (Lipinski definition) is 4. The van der Waals surface area contributed by atoms with Crippen molar-refractivity contribution in [2.75, 3.05) is 7.11 Å². The highest BCUT2D eigenvalue weighted by Crippen LogP contribution is 2.21. The van der Waals surface area contributed by atoms with Crippen molar-refractivity contribution in [2.45, 2.75) is 0 Å². The van der Waals surface area contributed by atoms with Crippen LogP contribution in [0.25, 0.3) is 11.3 Å². The first-order valence-electron chi connectivity index (χ1n) is 4.92. The summed E-state index contributed by atoms with van der Waals surface area (Å²) in [5.74, 6) is -0.374. The Morgan fingerprint density at radius 2 is 2.06 bits per heavy atom. The molecule has 0 aliphatic rings. The summed E-state index contributed by atoms with van der Waals surface area (Å²) in [5.41, 5.74) is 1.36. The van der Waals surface area contributed by atoms with E-state index >= 15 is 0 Å². The van der Waals surface area contributed by atoms with Crippen LogP contribution in [0.5, 0.6) is 5.75 Å². The number of carboxylic acids is 1. The number of nitrogens with zero attached hydrogens (tertiary/aromatic N) is 2. The molecule has 0 fully saturated rings. The zero-order valence-corrected chi connectivity index (χ0v) is 9.12. The van der Waals surface area contributed by atoms with E-state index in [-0.39, 0.29) is 5.69 Å². The standard InChI is InChI=1S/C12H10N2O3/c1-17-9-4-2-3-8(7-9)10-5-6-11(12(15)16)14-13-10/h2-7H,1H3,(H,15,16). The lowest BCUT2D eigenvalue weighted by Crippen LogP contribution is -2.01. The molecule has 0 spiro atoms. The number of rotatable bonds is 3. The van der Waals surface area contributed by atoms with Gasteiger partial charge < -0.3 is 9.84 Å². The van der Waals surface area contributed by atoms with Gasteiger partial charge in [-0.2, -0.15) is 0 Å². The van der Waals surface area contributed by atoms with E-state index < -0.39 is 5.97 Å². The quantitative estimate of drug-likeness (QED) is 0.871. The van der Waals surface area contributed by atoms with Crippen LogP contribution in [0, 0.1) is 0 Å². The van der Waals surface area contributed by atoms with Crippen LogP contribution < -0.4 is 4.74 Å². The van der Waals surface area contributed by atoms with Crippen molar-refractivity contribution >= 4 is 5.97 Å². The summed E-state index contributed by atoms with van der Waals surface area (Å²) in [6.45, 7) is 0. The molecule has 0 bridgehead atoms. The van der Waals surface area contributed by atoms with Crippen molar-refractivity contribution in [3.8, 4) is 17.0 Å². The van der Waals surface area contributed by atoms with Crippen molar-refractivity contribution < 1.29 is 14.6 Å². The topological polar surface area (TPSA) is 72.3 Å². The number of carbonyl (C=O) groups is 1. The van der Waals surface area contributed by atoms with Crippen molar-refractivity contribution in [1.29, 1.82) is 0 Å². The number of aromatic nitrogens is 2. The van der Waals surface area contributed by atoms with Crippen LogP contribution in [-0.2, 0) is 0 Å². The number of methoxy groups -OCH3 is 1. The van der Waals surface area contributed by atoms with Gasteiger partial charge in [0.25, 0.3) is 0 Å². The van der Waals surface area contributed by atoms with Crippen LogP contribution in [-0.4, -0.2) is 28.4 Å². The molecule has 86 valence electrons. The fourth-order valence-electron chi connectivity index (χ4n) is 1.38. The normalized spacial score (nSPS) is 9.94. The van der Waals surface area contributed by atoms with Crippen LogP contribution in [0.4, 0.5) is 0 Å². The average Bonchev–Trinajstić information content (AvgIpc) is 2.39. The third kappa shape index (κ3) is 2.39. The highest BCUT2D eigenvalue weighted by atomic mass is 16.5. The monoisotopic (exact) mass is 230 g/mol. The van der Waals surface area contributed by atoms with Gasteiger partial charge in [0.2, 0.25) is 0 Å². The van der Waals surface area contributed by atoms with E-state index in [9.17, 15) is 4.79 Å². The second kappa shape index (κ2) is 4.61. The Kier molecular flexibility index (Phi) is 3.00. The molecule has 1 heterocycles. The van der Waals surface area contributed by atoms with E-state index in [4.69, 9.17) is 9.84 Å². The largest absolute Gasteiger partial charge is 0.497 e. The summed E-state index contributed by atoms with van der Waals surface area (Å²) >= 11 is 0. The maximum atomic E-state index is 10.6. The van der Waals surface area contributed by atoms with Crippen LogP contribution >= 0.6 is 0 Å². The van der Waals surface area contributed by atoms with Crippen molar-refractivity contribution in [1.82, 2.24) is 10.2 Å². The average molecular weight is 230 g/mol. The highest BCUT2D eigenvalue weighted by molar-refractivity contribution is 5.85. The summed E-state index contributed by atoms with van der Waals surface area (Å²) in [4.78, 5) is 10.6. The third-order valence-corrected chi connectivity index (χ3v) is 2.25. The fraction of sp³-hybridized carbons (Fsp3) is 0.0833. The molecule has 2 rings (SSSR count). The van der Waals surface area contributed by atoms with E-state index in [1.165, 1.54) is 6.07 Å². The van der Waals surface area contributed by atoms with E-state index in [0.717, 1.165) is 5.56 Å². The molecule has 0 aliphatic carbocycles. The molecule has 5 heteroatoms. The first-order valence-corrected chi connectivity index (χ1v) is 4.92. The Morgan fingerprint density at radius 1 is 1.24 bits per heavy atom. The summed E-state index contributed by atoms with van der Waals surface area (Å²) < 4.78 is 5.10. The van der Waals surface area contributed by atoms with Gasteiger partial charge >= 0.3 is 5.97 Å². The molecule has 0 atom stereocenters. The van der Waals surface area contributed by atoms with Crippen molar-refractivity contribution in [3.05, 3.63) is 42.1 Å². The molecule has 0 saturated carbocycles. The molecular formula is C12H10N2O3. The lowest BCUT2D eigenvalue weighted by molar-refractivity contribution is 0.0689. The van der Waals surface area contributed by atoms with Crippen LogP contribution in [0.3, 0.4) is 0 Å². The number of aromatic carboxylic acids is 1. The van der Waals surface area contributed by atoms with E-state index in [1.807, 2.05) is 24.3 Å². The maximum Gasteiger partial charge on any atom is 0.356 e. The maximum absolute atomic E-state index is 10.6. The predicted molar refractivity (Wildman–Crippen MR) is 61.0 cm³/mol. The first kappa shape index (κ1) is 11.1. The molecular weight excluding hydrogens is 220 g/mol. The molecule has 5 nitrogen and oxygen atoms in total. The molecule has 0 amide bonds. The molecule has 17 heavy (non-hydrogen) atoms. The summed E-state index contributed by atoms with van der Waals surface area (Å²) in [5, 5.41) is 16.2. The Balaban J connectivity index is 2.36. The predicted octanol–water partition coefficient (Wildman–Crippen LogP) is 1.85. The highest BCUT2D eigenvalue weighted by Gasteiger charge is 2.06. The van der Waals surface area contributed by atoms with Gasteiger partial charge in [-0.3, -0.25) is 0 Å². The minimum atomic E-state index is -1.09. The summed E-state index contributed by atoms with van der Waals surface area (Å²) in [7, 11) is 1.58. The minimum absolute atomic E-state index is 0.0725. The minimum Gasteiger partial charge on any atom is -0.497 e. The van der Waals surface area contributed by atoms with Gasteiger partial charge in [-0.15, -0.1) is 10.2 Å². The van der Waals surface area contributed by atoms with Gasteiger partial charge in [-0.25, -0.2) is 4.79 Å². The smallest absolute Gasteiger partial charge is 0.356 e. The second-order valence-corrected chi connectivity index (χ2v) is 3.34. The molecule has 2 aromatic rings. The first-order chi connectivity index (χ1) is 8.20. The lowest BCUT2D eigenvalue weighted by Gasteiger charge is -2.03. The van der Waals surface area contributed by atoms with Gasteiger partial charge in [0.1, 0.15) is 5.75 Å². The van der Waals surface area contributed by atoms with Gasteiger partial charge in [0.05, 0.1) is 12.8 Å². The zero-order valence-electron chi connectivity index (χ0n) is 9.12. The summed E-state index contributed by atoms with van der Waals surface area (Å²) in [6.07, 6.45) is 0. The molecule has 0 aliphatic heterocycles. The number of carboxylic acid groups (broad SMARTS) is 1.